The van der Waals surface area contributed by atoms with Crippen LogP contribution in [0, 0.1) is 13.8 Å². The van der Waals surface area contributed by atoms with Crippen LogP contribution in [0.3, 0.4) is 0 Å². The van der Waals surface area contributed by atoms with Gasteiger partial charge in [-0.15, -0.1) is 0 Å². The highest BCUT2D eigenvalue weighted by molar-refractivity contribution is 5.96. The zero-order valence-corrected chi connectivity index (χ0v) is 15.6. The van der Waals surface area contributed by atoms with Crippen LogP contribution in [0.1, 0.15) is 34.6 Å². The topological polar surface area (TPSA) is 107 Å². The standard InChI is InChI=1S/C18H20N6O3/c1-11-17(13(3)25)12(2)24(21-11)10-16(26)23(4)9-15-20-18(22-27-15)14-6-5-7-19-8-14/h5-8H,9-10H2,1-4H3. The predicted octanol–water partition coefficient (Wildman–Crippen LogP) is 1.81. The summed E-state index contributed by atoms with van der Waals surface area (Å²) in [5, 5.41) is 8.21. The summed E-state index contributed by atoms with van der Waals surface area (Å²) in [4.78, 5) is 34.0. The highest BCUT2D eigenvalue weighted by Gasteiger charge is 2.20. The summed E-state index contributed by atoms with van der Waals surface area (Å²) in [7, 11) is 1.65. The van der Waals surface area contributed by atoms with Gasteiger partial charge in [-0.2, -0.15) is 10.1 Å². The van der Waals surface area contributed by atoms with Crippen molar-refractivity contribution in [3.63, 3.8) is 0 Å². The molecule has 0 spiro atoms. The molecule has 3 aromatic rings. The summed E-state index contributed by atoms with van der Waals surface area (Å²) in [6.07, 6.45) is 3.30. The van der Waals surface area contributed by atoms with E-state index in [1.807, 2.05) is 6.07 Å². The van der Waals surface area contributed by atoms with Gasteiger partial charge in [0.05, 0.1) is 17.8 Å². The Morgan fingerprint density at radius 1 is 1.30 bits per heavy atom. The number of pyridine rings is 1. The molecule has 0 aliphatic heterocycles. The molecule has 0 saturated heterocycles. The van der Waals surface area contributed by atoms with Crippen molar-refractivity contribution < 1.29 is 14.1 Å². The molecule has 0 unspecified atom stereocenters. The number of likely N-dealkylation sites (N-methyl/N-ethyl adjacent to an activating group) is 1. The first kappa shape index (κ1) is 18.4. The van der Waals surface area contributed by atoms with Crippen molar-refractivity contribution in [1.82, 2.24) is 29.8 Å². The van der Waals surface area contributed by atoms with Gasteiger partial charge in [0.15, 0.2) is 5.78 Å². The van der Waals surface area contributed by atoms with Gasteiger partial charge in [0.1, 0.15) is 6.54 Å². The zero-order chi connectivity index (χ0) is 19.6. The minimum absolute atomic E-state index is 0.0278. The second-order valence-electron chi connectivity index (χ2n) is 6.26. The molecule has 0 N–H and O–H groups in total. The number of carbonyl (C=O) groups is 2. The number of ketones is 1. The molecule has 1 amide bonds. The molecule has 9 nitrogen and oxygen atoms in total. The van der Waals surface area contributed by atoms with Crippen LogP contribution in [-0.4, -0.2) is 48.5 Å². The third-order valence-electron chi connectivity index (χ3n) is 4.20. The highest BCUT2D eigenvalue weighted by atomic mass is 16.5. The van der Waals surface area contributed by atoms with Gasteiger partial charge in [0.25, 0.3) is 0 Å². The van der Waals surface area contributed by atoms with Gasteiger partial charge in [0, 0.05) is 30.7 Å². The van der Waals surface area contributed by atoms with Gasteiger partial charge in [-0.05, 0) is 32.9 Å². The Morgan fingerprint density at radius 2 is 2.07 bits per heavy atom. The van der Waals surface area contributed by atoms with E-state index < -0.39 is 0 Å². The number of rotatable bonds is 6. The van der Waals surface area contributed by atoms with Crippen molar-refractivity contribution in [3.8, 4) is 11.4 Å². The van der Waals surface area contributed by atoms with E-state index in [0.29, 0.717) is 28.7 Å². The van der Waals surface area contributed by atoms with Gasteiger partial charge in [-0.3, -0.25) is 19.3 Å². The minimum Gasteiger partial charge on any atom is -0.337 e. The summed E-state index contributed by atoms with van der Waals surface area (Å²) in [5.41, 5.74) is 2.59. The van der Waals surface area contributed by atoms with Crippen LogP contribution in [0.15, 0.2) is 29.0 Å². The van der Waals surface area contributed by atoms with Gasteiger partial charge >= 0.3 is 0 Å². The normalized spacial score (nSPS) is 10.8. The van der Waals surface area contributed by atoms with E-state index in [1.165, 1.54) is 11.8 Å². The molecule has 0 fully saturated rings. The summed E-state index contributed by atoms with van der Waals surface area (Å²) in [6.45, 7) is 5.23. The molecule has 0 aliphatic carbocycles. The van der Waals surface area contributed by atoms with Crippen LogP contribution in [-0.2, 0) is 17.9 Å². The highest BCUT2D eigenvalue weighted by Crippen LogP contribution is 2.16. The van der Waals surface area contributed by atoms with Crippen molar-refractivity contribution in [1.29, 1.82) is 0 Å². The number of aromatic nitrogens is 5. The minimum atomic E-state index is -0.183. The predicted molar refractivity (Wildman–Crippen MR) is 95.7 cm³/mol. The molecule has 3 aromatic heterocycles. The molecular weight excluding hydrogens is 348 g/mol. The van der Waals surface area contributed by atoms with Crippen LogP contribution in [0.25, 0.3) is 11.4 Å². The Labute approximate surface area is 156 Å². The summed E-state index contributed by atoms with van der Waals surface area (Å²) < 4.78 is 6.76. The van der Waals surface area contributed by atoms with Crippen molar-refractivity contribution in [2.75, 3.05) is 7.05 Å². The Kier molecular flexibility index (Phi) is 5.11. The lowest BCUT2D eigenvalue weighted by Crippen LogP contribution is -2.30. The van der Waals surface area contributed by atoms with Crippen LogP contribution in [0.5, 0.6) is 0 Å². The lowest BCUT2D eigenvalue weighted by molar-refractivity contribution is -0.131. The fourth-order valence-electron chi connectivity index (χ4n) is 2.83. The lowest BCUT2D eigenvalue weighted by Gasteiger charge is -2.15. The third-order valence-corrected chi connectivity index (χ3v) is 4.20. The molecule has 0 atom stereocenters. The molecule has 0 aromatic carbocycles. The van der Waals surface area contributed by atoms with Gasteiger partial charge in [0.2, 0.25) is 17.6 Å². The van der Waals surface area contributed by atoms with Gasteiger partial charge < -0.3 is 9.42 Å². The van der Waals surface area contributed by atoms with E-state index in [9.17, 15) is 9.59 Å². The molecule has 0 radical (unpaired) electrons. The number of hydrogen-bond acceptors (Lipinski definition) is 7. The molecule has 140 valence electrons. The van der Waals surface area contributed by atoms with Crippen LogP contribution in [0.2, 0.25) is 0 Å². The maximum absolute atomic E-state index is 12.5. The Morgan fingerprint density at radius 3 is 2.70 bits per heavy atom. The summed E-state index contributed by atoms with van der Waals surface area (Å²) >= 11 is 0. The van der Waals surface area contributed by atoms with E-state index in [4.69, 9.17) is 4.52 Å². The number of nitrogens with zero attached hydrogens (tertiary/aromatic N) is 6. The number of aryl methyl sites for hydroxylation is 1. The van der Waals surface area contributed by atoms with Crippen molar-refractivity contribution >= 4 is 11.7 Å². The average molecular weight is 368 g/mol. The van der Waals surface area contributed by atoms with Crippen LogP contribution in [0.4, 0.5) is 0 Å². The first-order chi connectivity index (χ1) is 12.9. The largest absolute Gasteiger partial charge is 0.337 e. The molecule has 3 heterocycles. The fourth-order valence-corrected chi connectivity index (χ4v) is 2.83. The molecule has 0 saturated carbocycles. The smallest absolute Gasteiger partial charge is 0.246 e. The number of carbonyl (C=O) groups excluding carboxylic acids is 2. The maximum atomic E-state index is 12.5. The Balaban J connectivity index is 1.68. The monoisotopic (exact) mass is 368 g/mol. The van der Waals surface area contributed by atoms with Gasteiger partial charge in [-0.1, -0.05) is 5.16 Å². The summed E-state index contributed by atoms with van der Waals surface area (Å²) in [5.74, 6) is 0.494. The van der Waals surface area contributed by atoms with E-state index >= 15 is 0 Å². The molecule has 3 rings (SSSR count). The lowest BCUT2D eigenvalue weighted by atomic mass is 10.1. The maximum Gasteiger partial charge on any atom is 0.246 e. The number of amides is 1. The van der Waals surface area contributed by atoms with E-state index in [0.717, 1.165) is 5.56 Å². The molecule has 0 aliphatic rings. The SMILES string of the molecule is CC(=O)c1c(C)nn(CC(=O)N(C)Cc2nc(-c3cccnc3)no2)c1C. The second-order valence-corrected chi connectivity index (χ2v) is 6.26. The second kappa shape index (κ2) is 7.48. The molecule has 27 heavy (non-hydrogen) atoms. The zero-order valence-electron chi connectivity index (χ0n) is 15.6. The van der Waals surface area contributed by atoms with Crippen LogP contribution >= 0.6 is 0 Å². The number of Topliss-reactive ketones (excluding diaryl/α,β-unsaturated/α-hetero) is 1. The van der Waals surface area contributed by atoms with E-state index in [1.54, 1.807) is 44.0 Å². The van der Waals surface area contributed by atoms with Crippen molar-refractivity contribution in [2.45, 2.75) is 33.9 Å². The first-order valence-electron chi connectivity index (χ1n) is 8.38. The summed E-state index contributed by atoms with van der Waals surface area (Å²) in [6, 6.07) is 3.61. The van der Waals surface area contributed by atoms with Gasteiger partial charge in [-0.25, -0.2) is 0 Å². The third kappa shape index (κ3) is 3.91. The first-order valence-corrected chi connectivity index (χ1v) is 8.38. The van der Waals surface area contributed by atoms with Crippen molar-refractivity contribution in [2.24, 2.45) is 0 Å². The van der Waals surface area contributed by atoms with Crippen molar-refractivity contribution in [3.05, 3.63) is 47.4 Å². The van der Waals surface area contributed by atoms with Crippen LogP contribution < -0.4 is 0 Å². The molecule has 0 bridgehead atoms. The Bertz CT molecular complexity index is 976. The quantitative estimate of drug-likeness (QED) is 0.611. The fraction of sp³-hybridized carbons (Fsp3) is 0.333. The average Bonchev–Trinajstić information content (AvgIpc) is 3.20. The van der Waals surface area contributed by atoms with E-state index in [-0.39, 0.29) is 24.8 Å². The molecule has 9 heteroatoms. The number of hydrogen-bond donors (Lipinski definition) is 0. The Hall–Kier alpha value is -3.36. The molecular formula is C18H20N6O3. The van der Waals surface area contributed by atoms with E-state index in [2.05, 4.69) is 20.2 Å².